The number of rotatable bonds is 5. The van der Waals surface area contributed by atoms with Gasteiger partial charge in [0.2, 0.25) is 0 Å². The van der Waals surface area contributed by atoms with Crippen molar-refractivity contribution in [3.05, 3.63) is 0 Å². The Hall–Kier alpha value is 0.210. The molecule has 0 aromatic rings. The highest BCUT2D eigenvalue weighted by molar-refractivity contribution is 6.18. The molecule has 0 bridgehead atoms. The fraction of sp³-hybridized carbons (Fsp3) is 1.00. The normalized spacial score (nSPS) is 31.9. The maximum Gasteiger partial charge on any atom is 0.0976 e. The molecule has 11 heavy (non-hydrogen) atoms. The molecule has 0 aromatic carbocycles. The molecule has 3 heteroatoms. The SMILES string of the molecule is CC(CO)CC[C@H]1O[C@H]1CCl. The Balaban J connectivity index is 1.97. The van der Waals surface area contributed by atoms with E-state index in [0.717, 1.165) is 12.8 Å². The van der Waals surface area contributed by atoms with E-state index in [1.54, 1.807) is 0 Å². The number of aliphatic hydroxyl groups excluding tert-OH is 1. The summed E-state index contributed by atoms with van der Waals surface area (Å²) in [7, 11) is 0. The van der Waals surface area contributed by atoms with Crippen LogP contribution in [0.15, 0.2) is 0 Å². The molecule has 0 amide bonds. The first kappa shape index (κ1) is 9.30. The first-order valence-electron chi connectivity index (χ1n) is 4.10. The summed E-state index contributed by atoms with van der Waals surface area (Å²) in [5, 5.41) is 8.72. The number of hydrogen-bond acceptors (Lipinski definition) is 2. The highest BCUT2D eigenvalue weighted by Gasteiger charge is 2.37. The molecule has 1 unspecified atom stereocenters. The second-order valence-electron chi connectivity index (χ2n) is 3.23. The lowest BCUT2D eigenvalue weighted by atomic mass is 10.0. The molecule has 0 aliphatic carbocycles. The van der Waals surface area contributed by atoms with E-state index in [9.17, 15) is 0 Å². The van der Waals surface area contributed by atoms with Crippen LogP contribution in [0.5, 0.6) is 0 Å². The van der Waals surface area contributed by atoms with Gasteiger partial charge in [0, 0.05) is 6.61 Å². The molecule has 66 valence electrons. The van der Waals surface area contributed by atoms with E-state index < -0.39 is 0 Å². The van der Waals surface area contributed by atoms with E-state index in [0.29, 0.717) is 24.0 Å². The van der Waals surface area contributed by atoms with Gasteiger partial charge < -0.3 is 9.84 Å². The van der Waals surface area contributed by atoms with E-state index in [-0.39, 0.29) is 6.61 Å². The average Bonchev–Trinajstić information content (AvgIpc) is 2.78. The van der Waals surface area contributed by atoms with Gasteiger partial charge in [0.15, 0.2) is 0 Å². The maximum atomic E-state index is 8.72. The first-order valence-corrected chi connectivity index (χ1v) is 4.63. The molecule has 0 aromatic heterocycles. The van der Waals surface area contributed by atoms with E-state index >= 15 is 0 Å². The van der Waals surface area contributed by atoms with Gasteiger partial charge in [-0.1, -0.05) is 6.92 Å². The Morgan fingerprint density at radius 1 is 1.55 bits per heavy atom. The minimum Gasteiger partial charge on any atom is -0.396 e. The quantitative estimate of drug-likeness (QED) is 0.510. The smallest absolute Gasteiger partial charge is 0.0976 e. The molecule has 2 nitrogen and oxygen atoms in total. The fourth-order valence-corrected chi connectivity index (χ4v) is 1.38. The van der Waals surface area contributed by atoms with Crippen LogP contribution in [-0.2, 0) is 4.74 Å². The van der Waals surface area contributed by atoms with E-state index in [1.165, 1.54) is 0 Å². The molecule has 0 saturated carbocycles. The highest BCUT2D eigenvalue weighted by atomic mass is 35.5. The fourth-order valence-electron chi connectivity index (χ4n) is 1.11. The number of halogens is 1. The third kappa shape index (κ3) is 2.97. The second kappa shape index (κ2) is 4.29. The number of hydrogen-bond donors (Lipinski definition) is 1. The van der Waals surface area contributed by atoms with Crippen molar-refractivity contribution < 1.29 is 9.84 Å². The van der Waals surface area contributed by atoms with Crippen molar-refractivity contribution in [2.75, 3.05) is 12.5 Å². The predicted octanol–water partition coefficient (Wildman–Crippen LogP) is 1.40. The number of ether oxygens (including phenoxy) is 1. The highest BCUT2D eigenvalue weighted by Crippen LogP contribution is 2.28. The molecule has 1 aliphatic rings. The Labute approximate surface area is 72.5 Å². The zero-order valence-corrected chi connectivity index (χ0v) is 7.55. The van der Waals surface area contributed by atoms with Crippen molar-refractivity contribution in [3.8, 4) is 0 Å². The molecule has 1 aliphatic heterocycles. The van der Waals surface area contributed by atoms with Gasteiger partial charge in [0.05, 0.1) is 18.1 Å². The molecular formula is C8H15ClO2. The third-order valence-electron chi connectivity index (χ3n) is 2.10. The van der Waals surface area contributed by atoms with Crippen LogP contribution < -0.4 is 0 Å². The van der Waals surface area contributed by atoms with Crippen LogP contribution in [0.25, 0.3) is 0 Å². The molecule has 0 radical (unpaired) electrons. The average molecular weight is 179 g/mol. The summed E-state index contributed by atoms with van der Waals surface area (Å²) in [6.07, 6.45) is 2.75. The topological polar surface area (TPSA) is 32.8 Å². The van der Waals surface area contributed by atoms with Crippen LogP contribution in [-0.4, -0.2) is 29.8 Å². The van der Waals surface area contributed by atoms with Gasteiger partial charge in [-0.2, -0.15) is 0 Å². The van der Waals surface area contributed by atoms with Crippen molar-refractivity contribution in [1.82, 2.24) is 0 Å². The summed E-state index contributed by atoms with van der Waals surface area (Å²) >= 11 is 5.57. The lowest BCUT2D eigenvalue weighted by Gasteiger charge is -2.04. The van der Waals surface area contributed by atoms with Gasteiger partial charge in [0.1, 0.15) is 0 Å². The van der Waals surface area contributed by atoms with Gasteiger partial charge in [-0.15, -0.1) is 11.6 Å². The van der Waals surface area contributed by atoms with Crippen molar-refractivity contribution in [2.45, 2.75) is 32.0 Å². The third-order valence-corrected chi connectivity index (χ3v) is 2.40. The van der Waals surface area contributed by atoms with Crippen molar-refractivity contribution in [2.24, 2.45) is 5.92 Å². The molecule has 1 N–H and O–H groups in total. The van der Waals surface area contributed by atoms with Crippen LogP contribution in [0.3, 0.4) is 0 Å². The molecule has 1 rings (SSSR count). The van der Waals surface area contributed by atoms with Crippen molar-refractivity contribution in [3.63, 3.8) is 0 Å². The van der Waals surface area contributed by atoms with Crippen LogP contribution in [0.4, 0.5) is 0 Å². The molecular weight excluding hydrogens is 164 g/mol. The van der Waals surface area contributed by atoms with Gasteiger partial charge in [-0.25, -0.2) is 0 Å². The van der Waals surface area contributed by atoms with Crippen molar-refractivity contribution in [1.29, 1.82) is 0 Å². The molecule has 1 fully saturated rings. The predicted molar refractivity (Wildman–Crippen MR) is 44.9 cm³/mol. The Kier molecular flexibility index (Phi) is 3.63. The second-order valence-corrected chi connectivity index (χ2v) is 3.54. The summed E-state index contributed by atoms with van der Waals surface area (Å²) in [4.78, 5) is 0. The van der Waals surface area contributed by atoms with Crippen LogP contribution in [0, 0.1) is 5.92 Å². The molecule has 1 saturated heterocycles. The zero-order chi connectivity index (χ0) is 8.27. The van der Waals surface area contributed by atoms with Crippen LogP contribution >= 0.6 is 11.6 Å². The minimum atomic E-state index is 0.276. The number of alkyl halides is 1. The summed E-state index contributed by atoms with van der Waals surface area (Å²) < 4.78 is 5.25. The number of epoxide rings is 1. The summed E-state index contributed by atoms with van der Waals surface area (Å²) in [6.45, 7) is 2.32. The van der Waals surface area contributed by atoms with Gasteiger partial charge in [0.25, 0.3) is 0 Å². The van der Waals surface area contributed by atoms with Gasteiger partial charge in [-0.05, 0) is 18.8 Å². The Morgan fingerprint density at radius 2 is 2.27 bits per heavy atom. The van der Waals surface area contributed by atoms with Crippen LogP contribution in [0.2, 0.25) is 0 Å². The summed E-state index contributed by atoms with van der Waals surface area (Å²) in [6, 6.07) is 0. The summed E-state index contributed by atoms with van der Waals surface area (Å²) in [5.41, 5.74) is 0. The van der Waals surface area contributed by atoms with E-state index in [1.807, 2.05) is 6.92 Å². The summed E-state index contributed by atoms with van der Waals surface area (Å²) in [5.74, 6) is 1.01. The maximum absolute atomic E-state index is 8.72. The minimum absolute atomic E-state index is 0.276. The van der Waals surface area contributed by atoms with Crippen molar-refractivity contribution >= 4 is 11.6 Å². The molecule has 3 atom stereocenters. The Morgan fingerprint density at radius 3 is 2.73 bits per heavy atom. The lowest BCUT2D eigenvalue weighted by Crippen LogP contribution is -2.03. The first-order chi connectivity index (χ1) is 5.27. The standard InChI is InChI=1S/C8H15ClO2/c1-6(5-10)2-3-7-8(4-9)11-7/h6-8,10H,2-5H2,1H3/t6?,7-,8+/m1/s1. The van der Waals surface area contributed by atoms with E-state index in [4.69, 9.17) is 21.4 Å². The molecule has 1 heterocycles. The zero-order valence-electron chi connectivity index (χ0n) is 6.79. The number of aliphatic hydroxyl groups is 1. The van der Waals surface area contributed by atoms with Crippen LogP contribution in [0.1, 0.15) is 19.8 Å². The van der Waals surface area contributed by atoms with Gasteiger partial charge >= 0.3 is 0 Å². The van der Waals surface area contributed by atoms with Gasteiger partial charge in [-0.3, -0.25) is 0 Å². The largest absolute Gasteiger partial charge is 0.396 e. The monoisotopic (exact) mass is 178 g/mol. The Bertz CT molecular complexity index is 119. The van der Waals surface area contributed by atoms with E-state index in [2.05, 4.69) is 0 Å². The molecule has 0 spiro atoms. The lowest BCUT2D eigenvalue weighted by molar-refractivity contribution is 0.224.